The van der Waals surface area contributed by atoms with Crippen molar-refractivity contribution in [2.45, 2.75) is 6.10 Å². The van der Waals surface area contributed by atoms with Crippen molar-refractivity contribution in [3.63, 3.8) is 0 Å². The van der Waals surface area contributed by atoms with Crippen molar-refractivity contribution >= 4 is 12.0 Å². The molecule has 0 saturated carbocycles. The van der Waals surface area contributed by atoms with Gasteiger partial charge in [0.1, 0.15) is 12.4 Å². The summed E-state index contributed by atoms with van der Waals surface area (Å²) in [5.74, 6) is 0. The van der Waals surface area contributed by atoms with Gasteiger partial charge in [0.25, 0.3) is 0 Å². The fourth-order valence-corrected chi connectivity index (χ4v) is 2.15. The molecule has 1 unspecified atom stereocenters. The van der Waals surface area contributed by atoms with E-state index in [-0.39, 0.29) is 6.54 Å². The van der Waals surface area contributed by atoms with Crippen LogP contribution < -0.4 is 4.90 Å². The zero-order valence-corrected chi connectivity index (χ0v) is 11.7. The normalized spacial score (nSPS) is 11.5. The summed E-state index contributed by atoms with van der Waals surface area (Å²) in [7, 11) is 1.79. The van der Waals surface area contributed by atoms with Crippen molar-refractivity contribution < 1.29 is 9.90 Å². The first-order chi connectivity index (χ1) is 10.2. The predicted molar refractivity (Wildman–Crippen MR) is 81.9 cm³/mol. The molecule has 0 heterocycles. The van der Waals surface area contributed by atoms with E-state index in [2.05, 4.69) is 6.07 Å². The Bertz CT molecular complexity index is 662. The van der Waals surface area contributed by atoms with Gasteiger partial charge in [-0.25, -0.2) is 0 Å². The zero-order valence-electron chi connectivity index (χ0n) is 11.7. The number of hydrogen-bond acceptors (Lipinski definition) is 4. The molecule has 4 heteroatoms. The molecule has 0 aliphatic rings. The van der Waals surface area contributed by atoms with Crippen LogP contribution in [0.4, 0.5) is 5.69 Å². The summed E-state index contributed by atoms with van der Waals surface area (Å²) in [6.45, 7) is 0.212. The number of rotatable bonds is 5. The molecule has 0 amide bonds. The SMILES string of the molecule is CN(CC(O)C=O)c1ccc(C#N)c(-c2ccccc2)c1. The topological polar surface area (TPSA) is 64.3 Å². The summed E-state index contributed by atoms with van der Waals surface area (Å²) in [5.41, 5.74) is 3.23. The Kier molecular flexibility index (Phi) is 4.70. The maximum Gasteiger partial charge on any atom is 0.150 e. The summed E-state index contributed by atoms with van der Waals surface area (Å²) < 4.78 is 0. The molecular formula is C17H16N2O2. The standard InChI is InChI=1S/C17H16N2O2/c1-19(11-16(21)12-20)15-8-7-14(10-18)17(9-15)13-5-3-2-4-6-13/h2-9,12,16,21H,11H2,1H3. The van der Waals surface area contributed by atoms with Crippen LogP contribution in [0.1, 0.15) is 5.56 Å². The summed E-state index contributed by atoms with van der Waals surface area (Å²) in [4.78, 5) is 12.3. The van der Waals surface area contributed by atoms with Crippen LogP contribution in [0.5, 0.6) is 0 Å². The van der Waals surface area contributed by atoms with Gasteiger partial charge in [-0.2, -0.15) is 5.26 Å². The monoisotopic (exact) mass is 280 g/mol. The predicted octanol–water partition coefficient (Wildman–Crippen LogP) is 2.22. The lowest BCUT2D eigenvalue weighted by atomic mass is 9.99. The Morgan fingerprint density at radius 3 is 2.62 bits per heavy atom. The quantitative estimate of drug-likeness (QED) is 0.853. The van der Waals surface area contributed by atoms with Gasteiger partial charge in [-0.3, -0.25) is 0 Å². The third kappa shape index (κ3) is 3.47. The lowest BCUT2D eigenvalue weighted by Crippen LogP contribution is -2.29. The highest BCUT2D eigenvalue weighted by molar-refractivity contribution is 5.74. The van der Waals surface area contributed by atoms with E-state index in [1.54, 1.807) is 18.0 Å². The highest BCUT2D eigenvalue weighted by Gasteiger charge is 2.11. The van der Waals surface area contributed by atoms with Crippen LogP contribution >= 0.6 is 0 Å². The van der Waals surface area contributed by atoms with Crippen LogP contribution in [0.15, 0.2) is 48.5 Å². The number of hydrogen-bond donors (Lipinski definition) is 1. The molecule has 0 radical (unpaired) electrons. The van der Waals surface area contributed by atoms with Gasteiger partial charge in [-0.05, 0) is 23.8 Å². The first-order valence-electron chi connectivity index (χ1n) is 6.59. The lowest BCUT2D eigenvalue weighted by Gasteiger charge is -2.21. The smallest absolute Gasteiger partial charge is 0.150 e. The van der Waals surface area contributed by atoms with E-state index in [0.29, 0.717) is 11.8 Å². The number of aldehydes is 1. The summed E-state index contributed by atoms with van der Waals surface area (Å²) in [6.07, 6.45) is -0.510. The average molecular weight is 280 g/mol. The van der Waals surface area contributed by atoms with Gasteiger partial charge in [-0.15, -0.1) is 0 Å². The molecule has 1 atom stereocenters. The molecule has 2 aromatic rings. The summed E-state index contributed by atoms with van der Waals surface area (Å²) >= 11 is 0. The van der Waals surface area contributed by atoms with Gasteiger partial charge >= 0.3 is 0 Å². The highest BCUT2D eigenvalue weighted by Crippen LogP contribution is 2.27. The molecule has 106 valence electrons. The van der Waals surface area contributed by atoms with Gasteiger partial charge in [-0.1, -0.05) is 30.3 Å². The minimum absolute atomic E-state index is 0.212. The van der Waals surface area contributed by atoms with Crippen LogP contribution in [0.25, 0.3) is 11.1 Å². The number of carbonyl (C=O) groups is 1. The fraction of sp³-hybridized carbons (Fsp3) is 0.176. The zero-order chi connectivity index (χ0) is 15.2. The maximum atomic E-state index is 10.5. The van der Waals surface area contributed by atoms with Crippen LogP contribution in [0, 0.1) is 11.3 Å². The van der Waals surface area contributed by atoms with Gasteiger partial charge in [0.15, 0.2) is 0 Å². The third-order valence-electron chi connectivity index (χ3n) is 3.27. The van der Waals surface area contributed by atoms with E-state index >= 15 is 0 Å². The van der Waals surface area contributed by atoms with Crippen LogP contribution in [0.3, 0.4) is 0 Å². The first kappa shape index (κ1) is 14.8. The largest absolute Gasteiger partial charge is 0.384 e. The van der Waals surface area contributed by atoms with E-state index < -0.39 is 6.10 Å². The number of nitrogens with zero attached hydrogens (tertiary/aromatic N) is 2. The second-order valence-electron chi connectivity index (χ2n) is 4.79. The van der Waals surface area contributed by atoms with E-state index in [9.17, 15) is 15.2 Å². The first-order valence-corrected chi connectivity index (χ1v) is 6.59. The number of anilines is 1. The van der Waals surface area contributed by atoms with Gasteiger partial charge in [0, 0.05) is 18.3 Å². The Morgan fingerprint density at radius 1 is 1.29 bits per heavy atom. The molecule has 4 nitrogen and oxygen atoms in total. The van der Waals surface area contributed by atoms with Gasteiger partial charge < -0.3 is 14.8 Å². The third-order valence-corrected chi connectivity index (χ3v) is 3.27. The number of likely N-dealkylation sites (N-methyl/N-ethyl adjacent to an activating group) is 1. The number of aliphatic hydroxyl groups is 1. The highest BCUT2D eigenvalue weighted by atomic mass is 16.3. The van der Waals surface area contributed by atoms with Crippen LogP contribution in [-0.2, 0) is 4.79 Å². The van der Waals surface area contributed by atoms with Crippen molar-refractivity contribution in [1.82, 2.24) is 0 Å². The molecule has 2 rings (SSSR count). The average Bonchev–Trinajstić information content (AvgIpc) is 2.54. The van der Waals surface area contributed by atoms with E-state index in [0.717, 1.165) is 16.8 Å². The fourth-order valence-electron chi connectivity index (χ4n) is 2.15. The molecule has 0 bridgehead atoms. The number of nitriles is 1. The van der Waals surface area contributed by atoms with Crippen molar-refractivity contribution in [2.75, 3.05) is 18.5 Å². The molecule has 1 N–H and O–H groups in total. The van der Waals surface area contributed by atoms with Crippen molar-refractivity contribution in [3.05, 3.63) is 54.1 Å². The number of benzene rings is 2. The molecule has 0 fully saturated rings. The molecular weight excluding hydrogens is 264 g/mol. The Hall–Kier alpha value is -2.64. The molecule has 0 aliphatic carbocycles. The second-order valence-corrected chi connectivity index (χ2v) is 4.79. The molecule has 0 aliphatic heterocycles. The molecule has 0 aromatic heterocycles. The summed E-state index contributed by atoms with van der Waals surface area (Å²) in [5, 5.41) is 18.7. The van der Waals surface area contributed by atoms with E-state index in [1.807, 2.05) is 42.5 Å². The van der Waals surface area contributed by atoms with Gasteiger partial charge in [0.2, 0.25) is 0 Å². The maximum absolute atomic E-state index is 10.5. The number of aliphatic hydroxyl groups excluding tert-OH is 1. The van der Waals surface area contributed by atoms with Crippen molar-refractivity contribution in [3.8, 4) is 17.2 Å². The minimum atomic E-state index is -1.02. The summed E-state index contributed by atoms with van der Waals surface area (Å²) in [6, 6.07) is 17.3. The molecule has 2 aromatic carbocycles. The van der Waals surface area contributed by atoms with E-state index in [4.69, 9.17) is 0 Å². The van der Waals surface area contributed by atoms with Crippen molar-refractivity contribution in [1.29, 1.82) is 5.26 Å². The Balaban J connectivity index is 2.39. The molecule has 0 saturated heterocycles. The minimum Gasteiger partial charge on any atom is -0.384 e. The van der Waals surface area contributed by atoms with Crippen LogP contribution in [0.2, 0.25) is 0 Å². The Labute approximate surface area is 123 Å². The Morgan fingerprint density at radius 2 is 2.00 bits per heavy atom. The van der Waals surface area contributed by atoms with Gasteiger partial charge in [0.05, 0.1) is 18.2 Å². The number of carbonyl (C=O) groups excluding carboxylic acids is 1. The van der Waals surface area contributed by atoms with Crippen molar-refractivity contribution in [2.24, 2.45) is 0 Å². The molecule has 21 heavy (non-hydrogen) atoms. The van der Waals surface area contributed by atoms with Crippen LogP contribution in [-0.4, -0.2) is 31.1 Å². The molecule has 0 spiro atoms. The lowest BCUT2D eigenvalue weighted by molar-refractivity contribution is -0.114. The second kappa shape index (κ2) is 6.69. The van der Waals surface area contributed by atoms with E-state index in [1.165, 1.54) is 0 Å².